The molecule has 1 saturated heterocycles. The van der Waals surface area contributed by atoms with Gasteiger partial charge in [-0.25, -0.2) is 0 Å². The molecule has 2 atom stereocenters. The standard InChI is InChI=1S/C19H22N2OS/c1-15-19(16-7-3-2-4-8-16)21(13-14-23-15)18(22)11-10-17-9-5-6-12-20-17/h2-9,12,15,19H,10-11,13-14H2,1H3/t15-,19+/m1/s1. The van der Waals surface area contributed by atoms with Crippen molar-refractivity contribution in [1.29, 1.82) is 0 Å². The zero-order valence-electron chi connectivity index (χ0n) is 13.4. The minimum atomic E-state index is 0.172. The van der Waals surface area contributed by atoms with Gasteiger partial charge in [0, 0.05) is 35.9 Å². The maximum Gasteiger partial charge on any atom is 0.223 e. The molecule has 3 rings (SSSR count). The van der Waals surface area contributed by atoms with Gasteiger partial charge in [0.15, 0.2) is 0 Å². The third kappa shape index (κ3) is 3.94. The van der Waals surface area contributed by atoms with Crippen molar-refractivity contribution in [3.05, 3.63) is 66.0 Å². The Bertz CT molecular complexity index is 632. The number of pyridine rings is 1. The number of hydrogen-bond donors (Lipinski definition) is 0. The second-order valence-corrected chi connectivity index (χ2v) is 7.32. The van der Waals surface area contributed by atoms with E-state index >= 15 is 0 Å². The smallest absolute Gasteiger partial charge is 0.223 e. The summed E-state index contributed by atoms with van der Waals surface area (Å²) in [4.78, 5) is 19.2. The lowest BCUT2D eigenvalue weighted by Crippen LogP contribution is -2.44. The van der Waals surface area contributed by atoms with E-state index in [0.717, 1.165) is 18.0 Å². The Hall–Kier alpha value is -1.81. The summed E-state index contributed by atoms with van der Waals surface area (Å²) in [6.45, 7) is 3.05. The second kappa shape index (κ2) is 7.64. The van der Waals surface area contributed by atoms with Crippen LogP contribution in [0.5, 0.6) is 0 Å². The fraction of sp³-hybridized carbons (Fsp3) is 0.368. The molecule has 1 aliphatic heterocycles. The number of benzene rings is 1. The third-order valence-corrected chi connectivity index (χ3v) is 5.48. The van der Waals surface area contributed by atoms with Crippen molar-refractivity contribution in [2.45, 2.75) is 31.1 Å². The number of hydrogen-bond acceptors (Lipinski definition) is 3. The molecule has 3 nitrogen and oxygen atoms in total. The predicted octanol–water partition coefficient (Wildman–Crippen LogP) is 3.72. The maximum atomic E-state index is 12.8. The van der Waals surface area contributed by atoms with E-state index in [1.54, 1.807) is 6.20 Å². The van der Waals surface area contributed by atoms with Crippen LogP contribution in [0.15, 0.2) is 54.7 Å². The van der Waals surface area contributed by atoms with Crippen molar-refractivity contribution < 1.29 is 4.79 Å². The lowest BCUT2D eigenvalue weighted by Gasteiger charge is -2.40. The van der Waals surface area contributed by atoms with Gasteiger partial charge in [-0.3, -0.25) is 9.78 Å². The van der Waals surface area contributed by atoms with E-state index in [1.165, 1.54) is 5.56 Å². The molecule has 0 aliphatic carbocycles. The van der Waals surface area contributed by atoms with E-state index in [2.05, 4.69) is 41.1 Å². The van der Waals surface area contributed by atoms with E-state index in [1.807, 2.05) is 36.0 Å². The first kappa shape index (κ1) is 16.1. The van der Waals surface area contributed by atoms with Gasteiger partial charge in [-0.15, -0.1) is 0 Å². The molecule has 2 heterocycles. The summed E-state index contributed by atoms with van der Waals surface area (Å²) in [6.07, 6.45) is 3.02. The molecule has 1 aliphatic rings. The van der Waals surface area contributed by atoms with Crippen molar-refractivity contribution in [2.75, 3.05) is 12.3 Å². The molecule has 1 aromatic carbocycles. The molecule has 0 saturated carbocycles. The Labute approximate surface area is 142 Å². The SMILES string of the molecule is C[C@H]1SCCN(C(=O)CCc2ccccn2)[C@@H]1c1ccccc1. The first-order valence-electron chi connectivity index (χ1n) is 8.11. The van der Waals surface area contributed by atoms with Crippen molar-refractivity contribution in [3.63, 3.8) is 0 Å². The van der Waals surface area contributed by atoms with Crippen LogP contribution in [0.25, 0.3) is 0 Å². The highest BCUT2D eigenvalue weighted by Crippen LogP contribution is 2.36. The summed E-state index contributed by atoms with van der Waals surface area (Å²) >= 11 is 1.95. The van der Waals surface area contributed by atoms with Gasteiger partial charge < -0.3 is 4.90 Å². The Morgan fingerprint density at radius 3 is 2.74 bits per heavy atom. The van der Waals surface area contributed by atoms with E-state index in [9.17, 15) is 4.79 Å². The molecule has 1 aromatic heterocycles. The first-order valence-corrected chi connectivity index (χ1v) is 9.16. The van der Waals surface area contributed by atoms with E-state index < -0.39 is 0 Å². The molecule has 0 N–H and O–H groups in total. The highest BCUT2D eigenvalue weighted by Gasteiger charge is 2.33. The van der Waals surface area contributed by atoms with Gasteiger partial charge in [-0.1, -0.05) is 43.3 Å². The van der Waals surface area contributed by atoms with Crippen molar-refractivity contribution in [1.82, 2.24) is 9.88 Å². The highest BCUT2D eigenvalue weighted by molar-refractivity contribution is 8.00. The number of aromatic nitrogens is 1. The number of aryl methyl sites for hydroxylation is 1. The van der Waals surface area contributed by atoms with E-state index in [4.69, 9.17) is 0 Å². The van der Waals surface area contributed by atoms with Gasteiger partial charge in [-0.2, -0.15) is 11.8 Å². The first-order chi connectivity index (χ1) is 11.3. The molecule has 4 heteroatoms. The molecule has 0 bridgehead atoms. The summed E-state index contributed by atoms with van der Waals surface area (Å²) in [5.74, 6) is 1.25. The number of carbonyl (C=O) groups excluding carboxylic acids is 1. The monoisotopic (exact) mass is 326 g/mol. The second-order valence-electron chi connectivity index (χ2n) is 5.84. The summed E-state index contributed by atoms with van der Waals surface area (Å²) in [6, 6.07) is 16.4. The van der Waals surface area contributed by atoms with Crippen LogP contribution in [0.3, 0.4) is 0 Å². The van der Waals surface area contributed by atoms with Crippen LogP contribution in [0.1, 0.15) is 30.6 Å². The topological polar surface area (TPSA) is 33.2 Å². The molecule has 120 valence electrons. The number of thioether (sulfide) groups is 1. The Morgan fingerprint density at radius 2 is 2.00 bits per heavy atom. The van der Waals surface area contributed by atoms with Gasteiger partial charge in [0.1, 0.15) is 0 Å². The number of amides is 1. The summed E-state index contributed by atoms with van der Waals surface area (Å²) in [7, 11) is 0. The Balaban J connectivity index is 1.72. The molecule has 23 heavy (non-hydrogen) atoms. The minimum absolute atomic E-state index is 0.172. The molecular formula is C19H22N2OS. The molecule has 0 unspecified atom stereocenters. The fourth-order valence-corrected chi connectivity index (χ4v) is 4.29. The van der Waals surface area contributed by atoms with Crippen LogP contribution in [-0.2, 0) is 11.2 Å². The van der Waals surface area contributed by atoms with Crippen molar-refractivity contribution in [2.24, 2.45) is 0 Å². The summed E-state index contributed by atoms with van der Waals surface area (Å²) < 4.78 is 0. The van der Waals surface area contributed by atoms with Crippen LogP contribution in [0.4, 0.5) is 0 Å². The zero-order chi connectivity index (χ0) is 16.1. The zero-order valence-corrected chi connectivity index (χ0v) is 14.2. The Morgan fingerprint density at radius 1 is 1.22 bits per heavy atom. The van der Waals surface area contributed by atoms with E-state index in [0.29, 0.717) is 18.1 Å². The maximum absolute atomic E-state index is 12.8. The van der Waals surface area contributed by atoms with Gasteiger partial charge in [-0.05, 0) is 24.1 Å². The number of nitrogens with zero attached hydrogens (tertiary/aromatic N) is 2. The lowest BCUT2D eigenvalue weighted by atomic mass is 10.0. The number of rotatable bonds is 4. The number of carbonyl (C=O) groups is 1. The largest absolute Gasteiger partial charge is 0.334 e. The quantitative estimate of drug-likeness (QED) is 0.858. The van der Waals surface area contributed by atoms with Gasteiger partial charge in [0.2, 0.25) is 5.91 Å². The summed E-state index contributed by atoms with van der Waals surface area (Å²) in [5.41, 5.74) is 2.22. The van der Waals surface area contributed by atoms with Crippen LogP contribution in [-0.4, -0.2) is 33.3 Å². The average molecular weight is 326 g/mol. The average Bonchev–Trinajstić information content (AvgIpc) is 2.61. The minimum Gasteiger partial charge on any atom is -0.334 e. The highest BCUT2D eigenvalue weighted by atomic mass is 32.2. The third-order valence-electron chi connectivity index (χ3n) is 4.28. The molecule has 0 radical (unpaired) electrons. The molecule has 1 fully saturated rings. The van der Waals surface area contributed by atoms with Gasteiger partial charge >= 0.3 is 0 Å². The predicted molar refractivity (Wildman–Crippen MR) is 95.4 cm³/mol. The van der Waals surface area contributed by atoms with Crippen molar-refractivity contribution >= 4 is 17.7 Å². The van der Waals surface area contributed by atoms with Crippen LogP contribution < -0.4 is 0 Å². The van der Waals surface area contributed by atoms with Crippen molar-refractivity contribution in [3.8, 4) is 0 Å². The molecule has 1 amide bonds. The van der Waals surface area contributed by atoms with Crippen LogP contribution in [0.2, 0.25) is 0 Å². The van der Waals surface area contributed by atoms with E-state index in [-0.39, 0.29) is 11.9 Å². The molecule has 0 spiro atoms. The van der Waals surface area contributed by atoms with Gasteiger partial charge in [0.25, 0.3) is 0 Å². The van der Waals surface area contributed by atoms with Gasteiger partial charge in [0.05, 0.1) is 6.04 Å². The normalized spacial score (nSPS) is 21.2. The molecule has 2 aromatic rings. The van der Waals surface area contributed by atoms with Crippen LogP contribution in [0, 0.1) is 0 Å². The fourth-order valence-electron chi connectivity index (χ4n) is 3.13. The Kier molecular flexibility index (Phi) is 5.34. The summed E-state index contributed by atoms with van der Waals surface area (Å²) in [5, 5.41) is 0.421. The lowest BCUT2D eigenvalue weighted by molar-refractivity contribution is -0.133. The van der Waals surface area contributed by atoms with Crippen LogP contribution >= 0.6 is 11.8 Å². The molecular weight excluding hydrogens is 304 g/mol.